The molecule has 24 heavy (non-hydrogen) atoms. The molecule has 0 saturated carbocycles. The molecule has 0 aliphatic carbocycles. The zero-order chi connectivity index (χ0) is 17.9. The first-order chi connectivity index (χ1) is 11.2. The van der Waals surface area contributed by atoms with Gasteiger partial charge in [-0.05, 0) is 70.7 Å². The maximum absolute atomic E-state index is 13.2. The summed E-state index contributed by atoms with van der Waals surface area (Å²) in [5.74, 6) is -0.617. The highest BCUT2D eigenvalue weighted by Gasteiger charge is 2.34. The minimum absolute atomic E-state index is 0.268. The first kappa shape index (κ1) is 18.2. The first-order valence-corrected chi connectivity index (χ1v) is 8.24. The Balaban J connectivity index is 2.11. The molecule has 1 aliphatic heterocycles. The number of anilines is 1. The summed E-state index contributed by atoms with van der Waals surface area (Å²) in [4.78, 5) is 26.5. The number of hydrogen-bond donors (Lipinski definition) is 1. The molecule has 2 rings (SSSR count). The number of carbonyl (C=O) groups is 2. The number of ether oxygens (including phenoxy) is 1. The molecular formula is C18H25FN2O3. The summed E-state index contributed by atoms with van der Waals surface area (Å²) in [6.45, 7) is 7.62. The summed E-state index contributed by atoms with van der Waals surface area (Å²) in [6.07, 6.45) is 1.84. The van der Waals surface area contributed by atoms with Gasteiger partial charge in [-0.25, -0.2) is 9.18 Å². The van der Waals surface area contributed by atoms with Crippen molar-refractivity contribution in [1.29, 1.82) is 0 Å². The molecule has 0 bridgehead atoms. The van der Waals surface area contributed by atoms with E-state index in [9.17, 15) is 14.0 Å². The Morgan fingerprint density at radius 2 is 2.00 bits per heavy atom. The Hall–Kier alpha value is -2.11. The lowest BCUT2D eigenvalue weighted by Gasteiger charge is -2.35. The Kier molecular flexibility index (Phi) is 5.47. The van der Waals surface area contributed by atoms with Crippen LogP contribution in [0.3, 0.4) is 0 Å². The molecule has 1 aromatic rings. The topological polar surface area (TPSA) is 58.6 Å². The lowest BCUT2D eigenvalue weighted by molar-refractivity contribution is -0.122. The predicted octanol–water partition coefficient (Wildman–Crippen LogP) is 3.86. The van der Waals surface area contributed by atoms with Crippen LogP contribution >= 0.6 is 0 Å². The molecule has 1 fully saturated rings. The van der Waals surface area contributed by atoms with Crippen molar-refractivity contribution in [2.24, 2.45) is 0 Å². The molecule has 1 atom stereocenters. The number of piperidine rings is 1. The van der Waals surface area contributed by atoms with E-state index in [0.717, 1.165) is 12.8 Å². The van der Waals surface area contributed by atoms with Crippen LogP contribution in [0.2, 0.25) is 0 Å². The highest BCUT2D eigenvalue weighted by atomic mass is 19.1. The summed E-state index contributed by atoms with van der Waals surface area (Å²) < 4.78 is 18.6. The van der Waals surface area contributed by atoms with E-state index in [1.807, 2.05) is 0 Å². The van der Waals surface area contributed by atoms with Crippen molar-refractivity contribution in [3.63, 3.8) is 0 Å². The lowest BCUT2D eigenvalue weighted by atomic mass is 10.0. The monoisotopic (exact) mass is 336 g/mol. The summed E-state index contributed by atoms with van der Waals surface area (Å²) in [5, 5.41) is 2.80. The molecule has 1 N–H and O–H groups in total. The minimum Gasteiger partial charge on any atom is -0.444 e. The number of nitrogens with one attached hydrogen (secondary N) is 1. The smallest absolute Gasteiger partial charge is 0.410 e. The average molecular weight is 336 g/mol. The largest absolute Gasteiger partial charge is 0.444 e. The van der Waals surface area contributed by atoms with Gasteiger partial charge in [0.05, 0.1) is 0 Å². The Morgan fingerprint density at radius 3 is 2.62 bits per heavy atom. The molecule has 1 unspecified atom stereocenters. The Labute approximate surface area is 142 Å². The van der Waals surface area contributed by atoms with Gasteiger partial charge in [0.2, 0.25) is 5.91 Å². The number of aryl methyl sites for hydroxylation is 1. The van der Waals surface area contributed by atoms with Crippen LogP contribution < -0.4 is 5.32 Å². The van der Waals surface area contributed by atoms with Crippen molar-refractivity contribution in [2.45, 2.75) is 58.6 Å². The Bertz CT molecular complexity index is 625. The van der Waals surface area contributed by atoms with Crippen LogP contribution in [-0.2, 0) is 9.53 Å². The second kappa shape index (κ2) is 7.20. The molecule has 5 nitrogen and oxygen atoms in total. The van der Waals surface area contributed by atoms with Gasteiger partial charge in [0.15, 0.2) is 0 Å². The molecule has 1 saturated heterocycles. The second-order valence-electron chi connectivity index (χ2n) is 7.13. The van der Waals surface area contributed by atoms with Crippen molar-refractivity contribution in [1.82, 2.24) is 4.90 Å². The van der Waals surface area contributed by atoms with Gasteiger partial charge in [-0.15, -0.1) is 0 Å². The number of hydrogen-bond acceptors (Lipinski definition) is 3. The molecular weight excluding hydrogens is 311 g/mol. The molecule has 132 valence electrons. The van der Waals surface area contributed by atoms with Crippen LogP contribution in [0.1, 0.15) is 45.6 Å². The van der Waals surface area contributed by atoms with E-state index in [4.69, 9.17) is 4.74 Å². The summed E-state index contributed by atoms with van der Waals surface area (Å²) in [7, 11) is 0. The number of halogens is 1. The van der Waals surface area contributed by atoms with Crippen molar-refractivity contribution < 1.29 is 18.7 Å². The van der Waals surface area contributed by atoms with Crippen molar-refractivity contribution in [3.8, 4) is 0 Å². The molecule has 0 aromatic heterocycles. The van der Waals surface area contributed by atoms with Crippen LogP contribution in [-0.4, -0.2) is 35.1 Å². The van der Waals surface area contributed by atoms with Crippen molar-refractivity contribution in [2.75, 3.05) is 11.9 Å². The predicted molar refractivity (Wildman–Crippen MR) is 90.3 cm³/mol. The van der Waals surface area contributed by atoms with Gasteiger partial charge < -0.3 is 10.1 Å². The van der Waals surface area contributed by atoms with Gasteiger partial charge in [-0.3, -0.25) is 9.69 Å². The number of amides is 2. The van der Waals surface area contributed by atoms with Crippen LogP contribution in [0.25, 0.3) is 0 Å². The normalized spacial score (nSPS) is 18.2. The van der Waals surface area contributed by atoms with Crippen molar-refractivity contribution >= 4 is 17.7 Å². The van der Waals surface area contributed by atoms with Gasteiger partial charge in [0, 0.05) is 12.2 Å². The zero-order valence-electron chi connectivity index (χ0n) is 14.7. The fraction of sp³-hybridized carbons (Fsp3) is 0.556. The summed E-state index contributed by atoms with van der Waals surface area (Å²) in [6, 6.07) is 3.62. The fourth-order valence-electron chi connectivity index (χ4n) is 2.73. The molecule has 0 radical (unpaired) electrons. The summed E-state index contributed by atoms with van der Waals surface area (Å²) >= 11 is 0. The molecule has 6 heteroatoms. The Morgan fingerprint density at radius 1 is 1.29 bits per heavy atom. The van der Waals surface area contributed by atoms with E-state index < -0.39 is 17.7 Å². The van der Waals surface area contributed by atoms with Gasteiger partial charge in [0.1, 0.15) is 17.5 Å². The zero-order valence-corrected chi connectivity index (χ0v) is 14.7. The SMILES string of the molecule is Cc1cc(F)ccc1NC(=O)C1CCCCN1C(=O)OC(C)(C)C. The van der Waals surface area contributed by atoms with E-state index in [1.165, 1.54) is 23.1 Å². The maximum Gasteiger partial charge on any atom is 0.410 e. The van der Waals surface area contributed by atoms with Crippen LogP contribution in [0.5, 0.6) is 0 Å². The number of benzene rings is 1. The van der Waals surface area contributed by atoms with Crippen molar-refractivity contribution in [3.05, 3.63) is 29.6 Å². The third kappa shape index (κ3) is 4.69. The minimum atomic E-state index is -0.608. The van der Waals surface area contributed by atoms with E-state index >= 15 is 0 Å². The number of carbonyl (C=O) groups excluding carboxylic acids is 2. The second-order valence-corrected chi connectivity index (χ2v) is 7.13. The van der Waals surface area contributed by atoms with E-state index in [-0.39, 0.29) is 11.7 Å². The van der Waals surface area contributed by atoms with Crippen LogP contribution in [0.4, 0.5) is 14.9 Å². The number of rotatable bonds is 2. The third-order valence-corrected chi connectivity index (χ3v) is 3.88. The highest BCUT2D eigenvalue weighted by molar-refractivity contribution is 5.97. The van der Waals surface area contributed by atoms with Gasteiger partial charge >= 0.3 is 6.09 Å². The van der Waals surface area contributed by atoms with E-state index in [0.29, 0.717) is 24.2 Å². The number of likely N-dealkylation sites (tertiary alicyclic amines) is 1. The quantitative estimate of drug-likeness (QED) is 0.892. The molecule has 1 heterocycles. The molecule has 0 spiro atoms. The van der Waals surface area contributed by atoms with Crippen LogP contribution in [0, 0.1) is 12.7 Å². The highest BCUT2D eigenvalue weighted by Crippen LogP contribution is 2.23. The number of nitrogens with zero attached hydrogens (tertiary/aromatic N) is 1. The van der Waals surface area contributed by atoms with Gasteiger partial charge in [0.25, 0.3) is 0 Å². The summed E-state index contributed by atoms with van der Waals surface area (Å²) in [5.41, 5.74) is 0.586. The molecule has 2 amide bonds. The lowest BCUT2D eigenvalue weighted by Crippen LogP contribution is -2.51. The standard InChI is InChI=1S/C18H25FN2O3/c1-12-11-13(19)8-9-14(12)20-16(22)15-7-5-6-10-21(15)17(23)24-18(2,3)4/h8-9,11,15H,5-7,10H2,1-4H3,(H,20,22). The first-order valence-electron chi connectivity index (χ1n) is 8.24. The van der Waals surface area contributed by atoms with Gasteiger partial charge in [-0.2, -0.15) is 0 Å². The van der Waals surface area contributed by atoms with Crippen LogP contribution in [0.15, 0.2) is 18.2 Å². The maximum atomic E-state index is 13.2. The van der Waals surface area contributed by atoms with E-state index in [2.05, 4.69) is 5.32 Å². The molecule has 1 aliphatic rings. The van der Waals surface area contributed by atoms with E-state index in [1.54, 1.807) is 27.7 Å². The fourth-order valence-corrected chi connectivity index (χ4v) is 2.73. The average Bonchev–Trinajstić information content (AvgIpc) is 2.48. The molecule has 1 aromatic carbocycles. The van der Waals surface area contributed by atoms with Gasteiger partial charge in [-0.1, -0.05) is 0 Å². The third-order valence-electron chi connectivity index (χ3n) is 3.88.